The fourth-order valence-electron chi connectivity index (χ4n) is 7.60. The molecule has 2 heterocycles. The van der Waals surface area contributed by atoms with Crippen LogP contribution < -0.4 is 5.32 Å². The van der Waals surface area contributed by atoms with E-state index in [4.69, 9.17) is 26.5 Å². The summed E-state index contributed by atoms with van der Waals surface area (Å²) in [6.07, 6.45) is -6.06. The van der Waals surface area contributed by atoms with Crippen LogP contribution >= 0.6 is 24.4 Å². The minimum Gasteiger partial charge on any atom is -0.448 e. The van der Waals surface area contributed by atoms with E-state index in [0.717, 1.165) is 46.8 Å². The van der Waals surface area contributed by atoms with E-state index in [1.165, 1.54) is 46.9 Å². The van der Waals surface area contributed by atoms with Gasteiger partial charge >= 0.3 is 24.5 Å². The Bertz CT molecular complexity index is 3100. The molecular weight excluding hydrogens is 1010 g/mol. The smallest absolute Gasteiger partial charge is 0.442 e. The summed E-state index contributed by atoms with van der Waals surface area (Å²) in [4.78, 5) is 33.5. The number of ether oxygens (including phenoxy) is 2. The van der Waals surface area contributed by atoms with Crippen LogP contribution in [0.2, 0.25) is 0 Å². The first-order chi connectivity index (χ1) is 33.0. The SMILES string of the molecule is C.CS(=N)(=O)Cc1ccc(C(F)(F)F)nc1.CS(=O)(Cc1ccc(C(F)(F)F)nc1)=NC(=S)NC(=O)OCC1c2ccccc2-c2ccccc21.O=C(N=C=S)OCC1c2ccccc2-c2ccccc21. The number of halogens is 6. The molecule has 0 aliphatic heterocycles. The second-order valence-electron chi connectivity index (χ2n) is 15.7. The van der Waals surface area contributed by atoms with Gasteiger partial charge in [-0.25, -0.2) is 18.0 Å². The van der Waals surface area contributed by atoms with Crippen molar-refractivity contribution in [2.45, 2.75) is 43.1 Å². The van der Waals surface area contributed by atoms with Crippen LogP contribution in [0.1, 0.15) is 64.0 Å². The van der Waals surface area contributed by atoms with Gasteiger partial charge in [0, 0.05) is 46.5 Å². The highest BCUT2D eigenvalue weighted by molar-refractivity contribution is 7.93. The van der Waals surface area contributed by atoms with Gasteiger partial charge in [0.1, 0.15) is 24.6 Å². The molecule has 6 aromatic rings. The molecule has 2 atom stereocenters. The maximum atomic E-state index is 12.8. The van der Waals surface area contributed by atoms with Crippen molar-refractivity contribution in [2.24, 2.45) is 9.36 Å². The minimum atomic E-state index is -4.56. The maximum absolute atomic E-state index is 12.8. The van der Waals surface area contributed by atoms with Crippen molar-refractivity contribution in [2.75, 3.05) is 25.7 Å². The number of alkyl halides is 6. The predicted octanol–water partition coefficient (Wildman–Crippen LogP) is 12.5. The number of hydrogen-bond donors (Lipinski definition) is 2. The zero-order valence-corrected chi connectivity index (χ0v) is 40.1. The molecule has 0 fully saturated rings. The Morgan fingerprint density at radius 1 is 0.662 bits per heavy atom. The van der Waals surface area contributed by atoms with Crippen LogP contribution in [0.15, 0.2) is 143 Å². The predicted molar refractivity (Wildman–Crippen MR) is 267 cm³/mol. The van der Waals surface area contributed by atoms with Gasteiger partial charge in [-0.3, -0.25) is 20.1 Å². The van der Waals surface area contributed by atoms with Crippen molar-refractivity contribution in [3.05, 3.63) is 178 Å². The van der Waals surface area contributed by atoms with Gasteiger partial charge in [-0.05, 0) is 92.2 Å². The zero-order chi connectivity index (χ0) is 50.9. The van der Waals surface area contributed by atoms with E-state index in [1.54, 1.807) is 0 Å². The Morgan fingerprint density at radius 3 is 1.39 bits per heavy atom. The summed E-state index contributed by atoms with van der Waals surface area (Å²) >= 11 is 9.40. The first kappa shape index (κ1) is 55.2. The normalized spacial score (nSPS) is 13.9. The monoisotopic (exact) mass is 1050 g/mol. The van der Waals surface area contributed by atoms with Crippen molar-refractivity contribution in [3.8, 4) is 22.3 Å². The van der Waals surface area contributed by atoms with E-state index in [0.29, 0.717) is 5.56 Å². The number of aliphatic imine (C=N–C) groups is 1. The molecule has 2 amide bonds. The lowest BCUT2D eigenvalue weighted by Gasteiger charge is -2.14. The summed E-state index contributed by atoms with van der Waals surface area (Å²) < 4.78 is 120. The molecule has 12 nitrogen and oxygen atoms in total. The number of nitrogens with one attached hydrogen (secondary N) is 2. The van der Waals surface area contributed by atoms with Gasteiger partial charge in [0.25, 0.3) is 0 Å². The summed E-state index contributed by atoms with van der Waals surface area (Å²) in [6, 6.07) is 36.1. The van der Waals surface area contributed by atoms with E-state index in [-0.39, 0.29) is 54.7 Å². The van der Waals surface area contributed by atoms with Crippen LogP contribution in [0.5, 0.6) is 0 Å². The Kier molecular flexibility index (Phi) is 18.3. The number of rotatable bonds is 8. The lowest BCUT2D eigenvalue weighted by atomic mass is 9.98. The van der Waals surface area contributed by atoms with Crippen LogP contribution in [-0.4, -0.2) is 66.6 Å². The first-order valence-electron chi connectivity index (χ1n) is 20.6. The molecule has 2 aromatic heterocycles. The highest BCUT2D eigenvalue weighted by atomic mass is 32.2. The average molecular weight is 1060 g/mol. The molecule has 8 rings (SSSR count). The van der Waals surface area contributed by atoms with E-state index in [9.17, 15) is 44.3 Å². The number of hydrogen-bond acceptors (Lipinski definition) is 11. The summed E-state index contributed by atoms with van der Waals surface area (Å²) in [7, 11) is -5.74. The van der Waals surface area contributed by atoms with Crippen molar-refractivity contribution in [3.63, 3.8) is 0 Å². The van der Waals surface area contributed by atoms with Crippen LogP contribution in [0.4, 0.5) is 35.9 Å². The molecule has 2 aliphatic carbocycles. The number of carbonyl (C=O) groups is 2. The van der Waals surface area contributed by atoms with Gasteiger partial charge in [-0.15, -0.1) is 4.99 Å². The summed E-state index contributed by atoms with van der Waals surface area (Å²) in [5, 5.41) is 3.96. The van der Waals surface area contributed by atoms with Gasteiger partial charge in [0.05, 0.1) is 26.4 Å². The third-order valence-electron chi connectivity index (χ3n) is 10.4. The number of fused-ring (bicyclic) bond motifs is 6. The summed E-state index contributed by atoms with van der Waals surface area (Å²) in [5.41, 5.74) is 7.64. The van der Waals surface area contributed by atoms with E-state index in [2.05, 4.69) is 61.1 Å². The fourth-order valence-corrected chi connectivity index (χ4v) is 10.3. The Balaban J connectivity index is 0.000000219. The van der Waals surface area contributed by atoms with Gasteiger partial charge in [0.15, 0.2) is 0 Å². The Hall–Kier alpha value is -6.71. The van der Waals surface area contributed by atoms with Gasteiger partial charge < -0.3 is 9.47 Å². The molecule has 2 unspecified atom stereocenters. The number of aromatic nitrogens is 2. The molecule has 2 N–H and O–H groups in total. The molecule has 0 spiro atoms. The van der Waals surface area contributed by atoms with Gasteiger partial charge in [-0.1, -0.05) is 117 Å². The highest BCUT2D eigenvalue weighted by Gasteiger charge is 2.34. The molecule has 0 bridgehead atoms. The lowest BCUT2D eigenvalue weighted by Crippen LogP contribution is -2.30. The number of pyridine rings is 2. The van der Waals surface area contributed by atoms with E-state index in [1.807, 2.05) is 78.0 Å². The molecule has 71 heavy (non-hydrogen) atoms. The number of benzene rings is 4. The molecule has 0 radical (unpaired) electrons. The number of thiocarbonyl (C=S) groups is 2. The van der Waals surface area contributed by atoms with Crippen LogP contribution in [0.25, 0.3) is 22.3 Å². The highest BCUT2D eigenvalue weighted by Crippen LogP contribution is 2.45. The Labute approximate surface area is 417 Å². The quantitative estimate of drug-likeness (QED) is 0.0848. The third-order valence-corrected chi connectivity index (χ3v) is 13.1. The van der Waals surface area contributed by atoms with Crippen LogP contribution in [0.3, 0.4) is 0 Å². The maximum Gasteiger partial charge on any atom is 0.442 e. The molecule has 0 saturated carbocycles. The number of carbonyl (C=O) groups excluding carboxylic acids is 2. The second-order valence-corrected chi connectivity index (χ2v) is 21.0. The standard InChI is InChI=1S/C24H20F3N3O3S2.C16H11NO2S.C8H9F3N2OS.CH4/c1-35(32,14-15-10-11-21(28-12-15)24(25,26)27)30-22(34)29-23(31)33-13-20-18-8-4-2-6-16(18)17-7-3-5-9-19(17)20;18-16(17-10-20)19-9-15-13-7-3-1-5-11(13)12-6-2-4-8-14(12)15;1-15(12,14)5-6-2-3-7(13-4-6)8(9,10)11;/h2-12,20H,13-14H2,1H3,(H,29,31,34);1-8,15H,9H2;2-4,12H,5H2,1H3;1H4. The first-order valence-corrected chi connectivity index (χ1v) is 25.6. The topological polar surface area (TPSA) is 173 Å². The molecular formula is C49H44F6N6O6S4. The van der Waals surface area contributed by atoms with E-state index < -0.39 is 55.4 Å². The number of alkyl carbamates (subject to hydrolysis) is 1. The molecule has 0 saturated heterocycles. The van der Waals surface area contributed by atoms with Crippen molar-refractivity contribution in [1.29, 1.82) is 4.78 Å². The number of amides is 2. The van der Waals surface area contributed by atoms with Gasteiger partial charge in [0.2, 0.25) is 5.11 Å². The fraction of sp³-hybridized carbons (Fsp3) is 0.224. The molecule has 4 aromatic carbocycles. The van der Waals surface area contributed by atoms with Gasteiger partial charge in [-0.2, -0.15) is 30.7 Å². The van der Waals surface area contributed by atoms with Crippen molar-refractivity contribution >= 4 is 66.4 Å². The molecule has 22 heteroatoms. The number of isothiocyanates is 1. The van der Waals surface area contributed by atoms with E-state index >= 15 is 0 Å². The van der Waals surface area contributed by atoms with Crippen LogP contribution in [-0.2, 0) is 52.8 Å². The largest absolute Gasteiger partial charge is 0.448 e. The summed E-state index contributed by atoms with van der Waals surface area (Å²) in [5.74, 6) is -0.365. The Morgan fingerprint density at radius 2 is 1.04 bits per heavy atom. The molecule has 2 aliphatic rings. The molecule has 372 valence electrons. The van der Waals surface area contributed by atoms with Crippen molar-refractivity contribution < 1.29 is 53.8 Å². The zero-order valence-electron chi connectivity index (χ0n) is 36.8. The lowest BCUT2D eigenvalue weighted by molar-refractivity contribution is -0.142. The number of nitrogens with zero attached hydrogens (tertiary/aromatic N) is 4. The second kappa shape index (κ2) is 23.5. The third kappa shape index (κ3) is 15.1. The minimum absolute atomic E-state index is 0. The van der Waals surface area contributed by atoms with Crippen LogP contribution in [0, 0.1) is 4.78 Å². The average Bonchev–Trinajstić information content (AvgIpc) is 3.79. The van der Waals surface area contributed by atoms with Crippen molar-refractivity contribution in [1.82, 2.24) is 15.3 Å². The summed E-state index contributed by atoms with van der Waals surface area (Å²) in [6.45, 7) is 0.328.